The van der Waals surface area contributed by atoms with E-state index in [1.54, 1.807) is 12.1 Å². The highest BCUT2D eigenvalue weighted by Crippen LogP contribution is 2.36. The van der Waals surface area contributed by atoms with Crippen LogP contribution in [0.2, 0.25) is 0 Å². The Morgan fingerprint density at radius 2 is 1.26 bits per heavy atom. The quantitative estimate of drug-likeness (QED) is 0.473. The first-order valence-corrected chi connectivity index (χ1v) is 8.33. The number of hydrogen-bond acceptors (Lipinski definition) is 1. The van der Waals surface area contributed by atoms with E-state index in [9.17, 15) is 18.0 Å². The molecule has 27 heavy (non-hydrogen) atoms. The predicted octanol–water partition coefficient (Wildman–Crippen LogP) is 5.88. The van der Waals surface area contributed by atoms with E-state index >= 15 is 0 Å². The second-order valence-corrected chi connectivity index (χ2v) is 6.19. The smallest absolute Gasteiger partial charge is 0.321 e. The summed E-state index contributed by atoms with van der Waals surface area (Å²) in [4.78, 5) is 15.4. The van der Waals surface area contributed by atoms with E-state index in [0.29, 0.717) is 16.6 Å². The normalized spacial score (nSPS) is 11.7. The molecule has 0 atom stereocenters. The molecule has 2 nitrogen and oxygen atoms in total. The lowest BCUT2D eigenvalue weighted by Crippen LogP contribution is -2.09. The molecule has 0 aliphatic heterocycles. The summed E-state index contributed by atoms with van der Waals surface area (Å²) in [5.41, 5.74) is 1.67. The van der Waals surface area contributed by atoms with E-state index < -0.39 is 11.7 Å². The van der Waals surface area contributed by atoms with Gasteiger partial charge in [-0.1, -0.05) is 60.7 Å². The number of fused-ring (bicyclic) bond motifs is 1. The van der Waals surface area contributed by atoms with Gasteiger partial charge in [-0.2, -0.15) is 13.2 Å². The van der Waals surface area contributed by atoms with E-state index in [4.69, 9.17) is 0 Å². The Labute approximate surface area is 152 Å². The van der Waals surface area contributed by atoms with Crippen LogP contribution in [0.1, 0.15) is 5.56 Å². The second kappa shape index (κ2) is 6.43. The third kappa shape index (κ3) is 3.12. The molecule has 4 aromatic rings. The summed E-state index contributed by atoms with van der Waals surface area (Å²) in [5, 5.41) is 1.29. The molecule has 0 aliphatic carbocycles. The van der Waals surface area contributed by atoms with Gasteiger partial charge in [0.25, 0.3) is 5.56 Å². The van der Waals surface area contributed by atoms with Gasteiger partial charge in [-0.15, -0.1) is 0 Å². The standard InChI is InChI=1S/C22H14F3NO/c23-22(24,25)16-12-10-15(11-13-16)20-19(14-6-2-1-3-7-14)17-8-4-5-9-18(17)21(27)26-20/h1-13H,(H,26,27). The zero-order chi connectivity index (χ0) is 19.0. The molecular formula is C22H14F3NO. The average Bonchev–Trinajstić information content (AvgIpc) is 2.68. The zero-order valence-electron chi connectivity index (χ0n) is 14.0. The van der Waals surface area contributed by atoms with Gasteiger partial charge in [-0.25, -0.2) is 0 Å². The van der Waals surface area contributed by atoms with Crippen LogP contribution in [0.4, 0.5) is 13.2 Å². The van der Waals surface area contributed by atoms with Crippen molar-refractivity contribution in [3.05, 3.63) is 94.8 Å². The van der Waals surface area contributed by atoms with Gasteiger partial charge >= 0.3 is 6.18 Å². The van der Waals surface area contributed by atoms with E-state index in [2.05, 4.69) is 4.98 Å². The third-order valence-corrected chi connectivity index (χ3v) is 4.49. The van der Waals surface area contributed by atoms with E-state index in [-0.39, 0.29) is 5.56 Å². The minimum atomic E-state index is -4.41. The first-order valence-electron chi connectivity index (χ1n) is 8.33. The number of alkyl halides is 3. The number of halogens is 3. The maximum Gasteiger partial charge on any atom is 0.416 e. The van der Waals surface area contributed by atoms with Crippen molar-refractivity contribution in [1.82, 2.24) is 4.98 Å². The molecule has 0 saturated heterocycles. The molecule has 0 unspecified atom stereocenters. The number of nitrogens with one attached hydrogen (secondary N) is 1. The molecule has 0 amide bonds. The highest BCUT2D eigenvalue weighted by atomic mass is 19.4. The van der Waals surface area contributed by atoms with Crippen molar-refractivity contribution in [3.8, 4) is 22.4 Å². The summed E-state index contributed by atoms with van der Waals surface area (Å²) >= 11 is 0. The van der Waals surface area contributed by atoms with Gasteiger partial charge < -0.3 is 4.98 Å². The minimum Gasteiger partial charge on any atom is -0.321 e. The predicted molar refractivity (Wildman–Crippen MR) is 100 cm³/mol. The Balaban J connectivity index is 2.02. The number of benzene rings is 3. The molecule has 1 heterocycles. The van der Waals surface area contributed by atoms with Crippen molar-refractivity contribution in [1.29, 1.82) is 0 Å². The molecule has 134 valence electrons. The molecule has 0 radical (unpaired) electrons. The summed E-state index contributed by atoms with van der Waals surface area (Å²) < 4.78 is 38.6. The van der Waals surface area contributed by atoms with Gasteiger partial charge in [0.15, 0.2) is 0 Å². The monoisotopic (exact) mass is 365 g/mol. The van der Waals surface area contributed by atoms with Gasteiger partial charge in [0.2, 0.25) is 0 Å². The number of pyridine rings is 1. The minimum absolute atomic E-state index is 0.278. The number of aromatic nitrogens is 1. The SMILES string of the molecule is O=c1[nH]c(-c2ccc(C(F)(F)F)cc2)c(-c2ccccc2)c2ccccc12. The van der Waals surface area contributed by atoms with Gasteiger partial charge in [-0.3, -0.25) is 4.79 Å². The molecule has 0 bridgehead atoms. The topological polar surface area (TPSA) is 32.9 Å². The molecule has 1 N–H and O–H groups in total. The maximum atomic E-state index is 12.9. The van der Waals surface area contributed by atoms with E-state index in [1.807, 2.05) is 42.5 Å². The molecule has 4 rings (SSSR count). The van der Waals surface area contributed by atoms with Crippen LogP contribution in [-0.2, 0) is 6.18 Å². The summed E-state index contributed by atoms with van der Waals surface area (Å²) in [6.07, 6.45) is -4.41. The fourth-order valence-corrected chi connectivity index (χ4v) is 3.22. The lowest BCUT2D eigenvalue weighted by atomic mass is 9.94. The van der Waals surface area contributed by atoms with Gasteiger partial charge in [0.05, 0.1) is 11.3 Å². The molecule has 3 aromatic carbocycles. The van der Waals surface area contributed by atoms with Crippen molar-refractivity contribution >= 4 is 10.8 Å². The van der Waals surface area contributed by atoms with Crippen molar-refractivity contribution in [2.75, 3.05) is 0 Å². The third-order valence-electron chi connectivity index (χ3n) is 4.49. The first kappa shape index (κ1) is 17.1. The summed E-state index contributed by atoms with van der Waals surface area (Å²) in [6.45, 7) is 0. The summed E-state index contributed by atoms with van der Waals surface area (Å²) in [5.74, 6) is 0. The van der Waals surface area contributed by atoms with Crippen LogP contribution in [0.3, 0.4) is 0 Å². The second-order valence-electron chi connectivity index (χ2n) is 6.19. The van der Waals surface area contributed by atoms with Gasteiger partial charge in [0, 0.05) is 10.9 Å². The van der Waals surface area contributed by atoms with E-state index in [0.717, 1.165) is 28.6 Å². The Hall–Kier alpha value is -3.34. The zero-order valence-corrected chi connectivity index (χ0v) is 14.0. The Kier molecular flexibility index (Phi) is 4.07. The Bertz CT molecular complexity index is 1160. The molecule has 0 saturated carbocycles. The summed E-state index contributed by atoms with van der Waals surface area (Å²) in [7, 11) is 0. The van der Waals surface area contributed by atoms with Gasteiger partial charge in [-0.05, 0) is 34.7 Å². The van der Waals surface area contributed by atoms with Crippen LogP contribution in [-0.4, -0.2) is 4.98 Å². The van der Waals surface area contributed by atoms with Crippen LogP contribution in [0.25, 0.3) is 33.2 Å². The van der Waals surface area contributed by atoms with Crippen LogP contribution in [0, 0.1) is 0 Å². The molecular weight excluding hydrogens is 351 g/mol. The fraction of sp³-hybridized carbons (Fsp3) is 0.0455. The highest BCUT2D eigenvalue weighted by Gasteiger charge is 2.30. The van der Waals surface area contributed by atoms with Crippen molar-refractivity contribution < 1.29 is 13.2 Å². The lowest BCUT2D eigenvalue weighted by Gasteiger charge is -2.14. The van der Waals surface area contributed by atoms with E-state index in [1.165, 1.54) is 12.1 Å². The Morgan fingerprint density at radius 3 is 1.89 bits per heavy atom. The average molecular weight is 365 g/mol. The number of hydrogen-bond donors (Lipinski definition) is 1. The van der Waals surface area contributed by atoms with Gasteiger partial charge in [0.1, 0.15) is 0 Å². The number of H-pyrrole nitrogens is 1. The van der Waals surface area contributed by atoms with Crippen LogP contribution < -0.4 is 5.56 Å². The molecule has 5 heteroatoms. The van der Waals surface area contributed by atoms with Crippen molar-refractivity contribution in [3.63, 3.8) is 0 Å². The van der Waals surface area contributed by atoms with Crippen molar-refractivity contribution in [2.45, 2.75) is 6.18 Å². The first-order chi connectivity index (χ1) is 12.9. The lowest BCUT2D eigenvalue weighted by molar-refractivity contribution is -0.137. The van der Waals surface area contributed by atoms with Crippen molar-refractivity contribution in [2.24, 2.45) is 0 Å². The van der Waals surface area contributed by atoms with Crippen LogP contribution in [0.5, 0.6) is 0 Å². The fourth-order valence-electron chi connectivity index (χ4n) is 3.22. The summed E-state index contributed by atoms with van der Waals surface area (Å²) in [6, 6.07) is 21.5. The highest BCUT2D eigenvalue weighted by molar-refractivity contribution is 6.02. The van der Waals surface area contributed by atoms with Crippen LogP contribution in [0.15, 0.2) is 83.7 Å². The number of rotatable bonds is 2. The molecule has 0 spiro atoms. The maximum absolute atomic E-state index is 12.9. The largest absolute Gasteiger partial charge is 0.416 e. The molecule has 1 aromatic heterocycles. The molecule has 0 aliphatic rings. The number of aromatic amines is 1. The molecule has 0 fully saturated rings. The Morgan fingerprint density at radius 1 is 0.667 bits per heavy atom. The van der Waals surface area contributed by atoms with Crippen LogP contribution >= 0.6 is 0 Å².